The van der Waals surface area contributed by atoms with Crippen molar-refractivity contribution in [3.63, 3.8) is 0 Å². The van der Waals surface area contributed by atoms with Crippen LogP contribution in [0.3, 0.4) is 0 Å². The fraction of sp³-hybridized carbons (Fsp3) is 0.941. The quantitative estimate of drug-likeness (QED) is 0.347. The van der Waals surface area contributed by atoms with Crippen LogP contribution in [0.25, 0.3) is 0 Å². The molecule has 23 heavy (non-hydrogen) atoms. The van der Waals surface area contributed by atoms with Gasteiger partial charge in [0.1, 0.15) is 0 Å². The first-order valence-corrected chi connectivity index (χ1v) is 8.70. The molecule has 0 atom stereocenters. The summed E-state index contributed by atoms with van der Waals surface area (Å²) in [6.07, 6.45) is 3.89. The fourth-order valence-electron chi connectivity index (χ4n) is 1.79. The third-order valence-electron chi connectivity index (χ3n) is 3.00. The van der Waals surface area contributed by atoms with E-state index in [1.807, 2.05) is 13.8 Å². The van der Waals surface area contributed by atoms with Crippen LogP contribution in [0.5, 0.6) is 0 Å². The number of hydrogen-bond donors (Lipinski definition) is 1. The van der Waals surface area contributed by atoms with E-state index in [0.717, 1.165) is 19.3 Å². The van der Waals surface area contributed by atoms with E-state index in [1.165, 1.54) is 0 Å². The molecule has 138 valence electrons. The van der Waals surface area contributed by atoms with E-state index in [1.54, 1.807) is 0 Å². The number of ether oxygens (including phenoxy) is 3. The summed E-state index contributed by atoms with van der Waals surface area (Å²) >= 11 is 0. The molecular weight excluding hydrogens is 298 g/mol. The molecule has 0 heterocycles. The van der Waals surface area contributed by atoms with Crippen LogP contribution in [0.1, 0.15) is 53.4 Å². The molecule has 1 N–H and O–H groups in total. The maximum atomic E-state index is 11.5. The van der Waals surface area contributed by atoms with Gasteiger partial charge in [-0.15, -0.1) is 0 Å². The SMILES string of the molecule is CC(C)CCCCC(=O)NOCCOCCOCCOC(C)C. The maximum Gasteiger partial charge on any atom is 0.243 e. The Morgan fingerprint density at radius 1 is 0.870 bits per heavy atom. The van der Waals surface area contributed by atoms with Gasteiger partial charge in [0.15, 0.2) is 0 Å². The lowest BCUT2D eigenvalue weighted by Gasteiger charge is -2.09. The van der Waals surface area contributed by atoms with E-state index in [0.29, 0.717) is 52.0 Å². The smallest absolute Gasteiger partial charge is 0.243 e. The summed E-state index contributed by atoms with van der Waals surface area (Å²) in [6.45, 7) is 11.4. The Labute approximate surface area is 141 Å². The van der Waals surface area contributed by atoms with E-state index in [4.69, 9.17) is 19.0 Å². The van der Waals surface area contributed by atoms with Crippen LogP contribution in [0, 0.1) is 5.92 Å². The minimum absolute atomic E-state index is 0.0674. The van der Waals surface area contributed by atoms with Gasteiger partial charge in [0.25, 0.3) is 0 Å². The minimum Gasteiger partial charge on any atom is -0.377 e. The summed E-state index contributed by atoms with van der Waals surface area (Å²) in [4.78, 5) is 16.5. The van der Waals surface area contributed by atoms with E-state index in [-0.39, 0.29) is 12.0 Å². The molecule has 0 aromatic heterocycles. The van der Waals surface area contributed by atoms with Gasteiger partial charge < -0.3 is 14.2 Å². The van der Waals surface area contributed by atoms with E-state index in [9.17, 15) is 4.79 Å². The van der Waals surface area contributed by atoms with E-state index in [2.05, 4.69) is 19.3 Å². The molecule has 0 spiro atoms. The second-order valence-electron chi connectivity index (χ2n) is 6.16. The normalized spacial score (nSPS) is 11.4. The Kier molecular flexibility index (Phi) is 15.7. The zero-order chi connectivity index (χ0) is 17.3. The molecule has 0 unspecified atom stereocenters. The molecule has 6 nitrogen and oxygen atoms in total. The van der Waals surface area contributed by atoms with Gasteiger partial charge in [0.2, 0.25) is 5.91 Å². The van der Waals surface area contributed by atoms with Crippen LogP contribution in [0.4, 0.5) is 0 Å². The van der Waals surface area contributed by atoms with Gasteiger partial charge in [-0.2, -0.15) is 0 Å². The molecule has 1 amide bonds. The Morgan fingerprint density at radius 3 is 2.09 bits per heavy atom. The lowest BCUT2D eigenvalue weighted by Crippen LogP contribution is -2.25. The maximum absolute atomic E-state index is 11.5. The number of amides is 1. The highest BCUT2D eigenvalue weighted by Crippen LogP contribution is 2.07. The standard InChI is InChI=1S/C17H35NO5/c1-15(2)7-5-6-8-17(19)18-23-14-12-21-10-9-20-11-13-22-16(3)4/h15-16H,5-14H2,1-4H3,(H,18,19). The van der Waals surface area contributed by atoms with Gasteiger partial charge in [-0.1, -0.05) is 26.7 Å². The van der Waals surface area contributed by atoms with Crippen molar-refractivity contribution in [1.82, 2.24) is 5.48 Å². The van der Waals surface area contributed by atoms with Crippen LogP contribution in [-0.4, -0.2) is 51.7 Å². The predicted molar refractivity (Wildman–Crippen MR) is 90.1 cm³/mol. The van der Waals surface area contributed by atoms with Crippen molar-refractivity contribution >= 4 is 5.91 Å². The number of carbonyl (C=O) groups is 1. The van der Waals surface area contributed by atoms with Crippen molar-refractivity contribution in [2.24, 2.45) is 5.92 Å². The van der Waals surface area contributed by atoms with Gasteiger partial charge in [-0.05, 0) is 26.2 Å². The molecule has 6 heteroatoms. The summed E-state index contributed by atoms with van der Waals surface area (Å²) in [7, 11) is 0. The Hall–Kier alpha value is -0.690. The molecule has 0 aliphatic carbocycles. The molecule has 0 aromatic carbocycles. The monoisotopic (exact) mass is 333 g/mol. The van der Waals surface area contributed by atoms with Crippen LogP contribution in [0.2, 0.25) is 0 Å². The topological polar surface area (TPSA) is 66.0 Å². The second kappa shape index (κ2) is 16.2. The van der Waals surface area contributed by atoms with Crippen molar-refractivity contribution in [2.75, 3.05) is 39.6 Å². The first-order valence-electron chi connectivity index (χ1n) is 8.70. The molecule has 0 radical (unpaired) electrons. The second-order valence-corrected chi connectivity index (χ2v) is 6.16. The van der Waals surface area contributed by atoms with Crippen molar-refractivity contribution in [3.05, 3.63) is 0 Å². The highest BCUT2D eigenvalue weighted by molar-refractivity contribution is 5.74. The third-order valence-corrected chi connectivity index (χ3v) is 3.00. The van der Waals surface area contributed by atoms with Crippen LogP contribution in [-0.2, 0) is 23.8 Å². The van der Waals surface area contributed by atoms with E-state index >= 15 is 0 Å². The average Bonchev–Trinajstić information content (AvgIpc) is 2.48. The molecule has 0 fully saturated rings. The zero-order valence-electron chi connectivity index (χ0n) is 15.3. The number of rotatable bonds is 16. The fourth-order valence-corrected chi connectivity index (χ4v) is 1.79. The summed E-state index contributed by atoms with van der Waals surface area (Å²) < 4.78 is 16.0. The first kappa shape index (κ1) is 22.3. The molecule has 0 bridgehead atoms. The first-order chi connectivity index (χ1) is 11.0. The number of hydrogen-bond acceptors (Lipinski definition) is 5. The van der Waals surface area contributed by atoms with Gasteiger partial charge >= 0.3 is 0 Å². The lowest BCUT2D eigenvalue weighted by molar-refractivity contribution is -0.135. The molecule has 0 aliphatic rings. The van der Waals surface area contributed by atoms with Gasteiger partial charge in [-0.25, -0.2) is 5.48 Å². The number of nitrogens with one attached hydrogen (secondary N) is 1. The number of carbonyl (C=O) groups excluding carboxylic acids is 1. The molecular formula is C17H35NO5. The largest absolute Gasteiger partial charge is 0.377 e. The summed E-state index contributed by atoms with van der Waals surface area (Å²) in [5.41, 5.74) is 2.43. The highest BCUT2D eigenvalue weighted by atomic mass is 16.7. The van der Waals surface area contributed by atoms with Crippen LogP contribution in [0.15, 0.2) is 0 Å². The zero-order valence-corrected chi connectivity index (χ0v) is 15.3. The van der Waals surface area contributed by atoms with Gasteiger partial charge in [0, 0.05) is 6.42 Å². The number of hydroxylamine groups is 1. The van der Waals surface area contributed by atoms with Gasteiger partial charge in [-0.3, -0.25) is 9.63 Å². The highest BCUT2D eigenvalue weighted by Gasteiger charge is 2.02. The minimum atomic E-state index is -0.0674. The van der Waals surface area contributed by atoms with Gasteiger partial charge in [0.05, 0.1) is 45.7 Å². The Morgan fingerprint density at radius 2 is 1.48 bits per heavy atom. The van der Waals surface area contributed by atoms with Crippen LogP contribution >= 0.6 is 0 Å². The van der Waals surface area contributed by atoms with Crippen molar-refractivity contribution in [1.29, 1.82) is 0 Å². The summed E-state index contributed by atoms with van der Waals surface area (Å²) in [6, 6.07) is 0. The lowest BCUT2D eigenvalue weighted by atomic mass is 10.1. The molecule has 0 saturated heterocycles. The third kappa shape index (κ3) is 19.3. The van der Waals surface area contributed by atoms with Crippen molar-refractivity contribution < 1.29 is 23.8 Å². The summed E-state index contributed by atoms with van der Waals surface area (Å²) in [5.74, 6) is 0.625. The molecule has 0 aromatic rings. The molecule has 0 aliphatic heterocycles. The van der Waals surface area contributed by atoms with E-state index < -0.39 is 0 Å². The Balaban J connectivity index is 3.16. The molecule has 0 saturated carbocycles. The van der Waals surface area contributed by atoms with Crippen LogP contribution < -0.4 is 5.48 Å². The summed E-state index contributed by atoms with van der Waals surface area (Å²) in [5, 5.41) is 0. The van der Waals surface area contributed by atoms with Crippen molar-refractivity contribution in [3.8, 4) is 0 Å². The number of unbranched alkanes of at least 4 members (excludes halogenated alkanes) is 1. The van der Waals surface area contributed by atoms with Crippen molar-refractivity contribution in [2.45, 2.75) is 59.5 Å². The predicted octanol–water partition coefficient (Wildman–Crippen LogP) is 2.71. The Bertz CT molecular complexity index is 272. The average molecular weight is 333 g/mol. The molecule has 0 rings (SSSR count).